The third kappa shape index (κ3) is 3.34. The van der Waals surface area contributed by atoms with Crippen molar-refractivity contribution in [1.82, 2.24) is 9.88 Å². The van der Waals surface area contributed by atoms with Crippen molar-refractivity contribution >= 4 is 21.8 Å². The van der Waals surface area contributed by atoms with Crippen LogP contribution in [0, 0.1) is 11.3 Å². The van der Waals surface area contributed by atoms with E-state index in [0.717, 1.165) is 4.47 Å². The molecule has 1 aromatic heterocycles. The van der Waals surface area contributed by atoms with Crippen molar-refractivity contribution < 1.29 is 14.3 Å². The molecule has 2 heterocycles. The van der Waals surface area contributed by atoms with Crippen molar-refractivity contribution in [2.45, 2.75) is 6.10 Å². The first-order chi connectivity index (χ1) is 11.6. The number of carbonyl (C=O) groups is 1. The molecule has 6 nitrogen and oxygen atoms in total. The molecule has 0 N–H and O–H groups in total. The van der Waals surface area contributed by atoms with Crippen molar-refractivity contribution in [2.75, 3.05) is 20.2 Å². The number of methoxy groups -OCH3 is 1. The molecule has 24 heavy (non-hydrogen) atoms. The second kappa shape index (κ2) is 6.89. The maximum absolute atomic E-state index is 12.5. The van der Waals surface area contributed by atoms with E-state index in [2.05, 4.69) is 20.9 Å². The van der Waals surface area contributed by atoms with Crippen LogP contribution in [0.1, 0.15) is 16.1 Å². The number of benzene rings is 1. The van der Waals surface area contributed by atoms with Crippen molar-refractivity contribution in [3.05, 3.63) is 52.3 Å². The molecule has 1 aromatic carbocycles. The number of hydrogen-bond acceptors (Lipinski definition) is 5. The number of hydrogen-bond donors (Lipinski definition) is 0. The molecule has 1 amide bonds. The van der Waals surface area contributed by atoms with Gasteiger partial charge in [0.15, 0.2) is 0 Å². The number of nitrogens with zero attached hydrogens (tertiary/aromatic N) is 3. The van der Waals surface area contributed by atoms with E-state index >= 15 is 0 Å². The minimum absolute atomic E-state index is 0.0759. The summed E-state index contributed by atoms with van der Waals surface area (Å²) in [6.45, 7) is 0.986. The van der Waals surface area contributed by atoms with Crippen LogP contribution in [0.2, 0.25) is 0 Å². The summed E-state index contributed by atoms with van der Waals surface area (Å²) in [5.74, 6) is 1.14. The maximum Gasteiger partial charge on any atom is 0.255 e. The number of nitriles is 1. The van der Waals surface area contributed by atoms with Crippen LogP contribution in [0.4, 0.5) is 0 Å². The van der Waals surface area contributed by atoms with Gasteiger partial charge in [0.2, 0.25) is 0 Å². The minimum Gasteiger partial charge on any atom is -0.497 e. The van der Waals surface area contributed by atoms with Crippen LogP contribution in [-0.2, 0) is 0 Å². The lowest BCUT2D eigenvalue weighted by Crippen LogP contribution is -2.56. The Labute approximate surface area is 147 Å². The average molecular weight is 388 g/mol. The van der Waals surface area contributed by atoms with Crippen molar-refractivity contribution in [3.8, 4) is 17.6 Å². The molecule has 122 valence electrons. The molecule has 0 spiro atoms. The number of likely N-dealkylation sites (tertiary alicyclic amines) is 1. The standard InChI is InChI=1S/C17H14BrN3O3/c1-23-12-2-3-16(18)15(7-12)17(22)21-9-14(10-21)24-13-4-5-20-11(6-13)8-19/h2-7,14H,9-10H2,1H3. The van der Waals surface area contributed by atoms with Gasteiger partial charge in [-0.3, -0.25) is 4.79 Å². The quantitative estimate of drug-likeness (QED) is 0.805. The van der Waals surface area contributed by atoms with Crippen molar-refractivity contribution in [3.63, 3.8) is 0 Å². The Bertz CT molecular complexity index is 813. The lowest BCUT2D eigenvalue weighted by molar-refractivity contribution is 0.0176. The molecule has 1 fully saturated rings. The molecular weight excluding hydrogens is 374 g/mol. The van der Waals surface area contributed by atoms with Crippen LogP contribution >= 0.6 is 15.9 Å². The van der Waals surface area contributed by atoms with Gasteiger partial charge in [-0.2, -0.15) is 5.26 Å². The van der Waals surface area contributed by atoms with Gasteiger partial charge >= 0.3 is 0 Å². The predicted octanol–water partition coefficient (Wildman–Crippen LogP) is 2.63. The van der Waals surface area contributed by atoms with Gasteiger partial charge in [-0.25, -0.2) is 4.98 Å². The predicted molar refractivity (Wildman–Crippen MR) is 90.0 cm³/mol. The summed E-state index contributed by atoms with van der Waals surface area (Å²) in [6, 6.07) is 10.5. The molecule has 7 heteroatoms. The maximum atomic E-state index is 12.5. The highest BCUT2D eigenvalue weighted by atomic mass is 79.9. The highest BCUT2D eigenvalue weighted by Crippen LogP contribution is 2.26. The summed E-state index contributed by atoms with van der Waals surface area (Å²) in [5.41, 5.74) is 0.864. The zero-order chi connectivity index (χ0) is 17.1. The van der Waals surface area contributed by atoms with Crippen molar-refractivity contribution in [1.29, 1.82) is 5.26 Å². The molecule has 0 atom stereocenters. The van der Waals surface area contributed by atoms with Crippen LogP contribution < -0.4 is 9.47 Å². The molecule has 3 rings (SSSR count). The topological polar surface area (TPSA) is 75.4 Å². The second-order valence-corrected chi connectivity index (χ2v) is 6.14. The molecule has 0 saturated carbocycles. The van der Waals surface area contributed by atoms with E-state index in [1.165, 1.54) is 6.20 Å². The van der Waals surface area contributed by atoms with E-state index in [1.807, 2.05) is 6.07 Å². The number of halogens is 1. The monoisotopic (exact) mass is 387 g/mol. The van der Waals surface area contributed by atoms with E-state index in [-0.39, 0.29) is 12.0 Å². The van der Waals surface area contributed by atoms with Crippen LogP contribution in [0.3, 0.4) is 0 Å². The summed E-state index contributed by atoms with van der Waals surface area (Å²) in [4.78, 5) is 18.1. The van der Waals surface area contributed by atoms with Gasteiger partial charge in [0, 0.05) is 16.7 Å². The van der Waals surface area contributed by atoms with Gasteiger partial charge in [-0.05, 0) is 40.2 Å². The molecule has 2 aromatic rings. The van der Waals surface area contributed by atoms with E-state index in [4.69, 9.17) is 14.7 Å². The van der Waals surface area contributed by atoms with Gasteiger partial charge < -0.3 is 14.4 Å². The van der Waals surface area contributed by atoms with Gasteiger partial charge in [-0.1, -0.05) is 0 Å². The van der Waals surface area contributed by atoms with E-state index in [1.54, 1.807) is 42.3 Å². The Kier molecular flexibility index (Phi) is 4.67. The third-order valence-electron chi connectivity index (χ3n) is 3.69. The van der Waals surface area contributed by atoms with E-state index in [0.29, 0.717) is 35.8 Å². The molecule has 1 saturated heterocycles. The first kappa shape index (κ1) is 16.3. The second-order valence-electron chi connectivity index (χ2n) is 5.28. The summed E-state index contributed by atoms with van der Waals surface area (Å²) >= 11 is 3.39. The fourth-order valence-electron chi connectivity index (χ4n) is 2.38. The number of amides is 1. The average Bonchev–Trinajstić information content (AvgIpc) is 2.58. The zero-order valence-corrected chi connectivity index (χ0v) is 14.5. The van der Waals surface area contributed by atoms with Gasteiger partial charge in [0.25, 0.3) is 5.91 Å². The third-order valence-corrected chi connectivity index (χ3v) is 4.38. The Morgan fingerprint density at radius 2 is 2.12 bits per heavy atom. The highest BCUT2D eigenvalue weighted by molar-refractivity contribution is 9.10. The number of carbonyl (C=O) groups excluding carboxylic acids is 1. The Morgan fingerprint density at radius 1 is 1.33 bits per heavy atom. The fraction of sp³-hybridized carbons (Fsp3) is 0.235. The number of rotatable bonds is 4. The van der Waals surface area contributed by atoms with Crippen LogP contribution in [0.25, 0.3) is 0 Å². The molecule has 1 aliphatic rings. The number of ether oxygens (including phenoxy) is 2. The summed E-state index contributed by atoms with van der Waals surface area (Å²) < 4.78 is 11.7. The lowest BCUT2D eigenvalue weighted by Gasteiger charge is -2.39. The SMILES string of the molecule is COc1ccc(Br)c(C(=O)N2CC(Oc3ccnc(C#N)c3)C2)c1. The molecule has 0 bridgehead atoms. The van der Waals surface area contributed by atoms with Crippen LogP contribution in [0.5, 0.6) is 11.5 Å². The number of aromatic nitrogens is 1. The lowest BCUT2D eigenvalue weighted by atomic mass is 10.1. The Morgan fingerprint density at radius 3 is 2.83 bits per heavy atom. The van der Waals surface area contributed by atoms with E-state index in [9.17, 15) is 4.79 Å². The summed E-state index contributed by atoms with van der Waals surface area (Å²) in [5, 5.41) is 8.84. The smallest absolute Gasteiger partial charge is 0.255 e. The molecule has 0 unspecified atom stereocenters. The number of pyridine rings is 1. The zero-order valence-electron chi connectivity index (χ0n) is 12.9. The van der Waals surface area contributed by atoms with Gasteiger partial charge in [-0.15, -0.1) is 0 Å². The van der Waals surface area contributed by atoms with Crippen LogP contribution in [0.15, 0.2) is 41.0 Å². The molecule has 0 aliphatic carbocycles. The Hall–Kier alpha value is -2.59. The van der Waals surface area contributed by atoms with E-state index < -0.39 is 0 Å². The first-order valence-electron chi connectivity index (χ1n) is 7.26. The van der Waals surface area contributed by atoms with Crippen molar-refractivity contribution in [2.24, 2.45) is 0 Å². The highest BCUT2D eigenvalue weighted by Gasteiger charge is 2.33. The fourth-order valence-corrected chi connectivity index (χ4v) is 2.80. The molecule has 0 radical (unpaired) electrons. The van der Waals surface area contributed by atoms with Gasteiger partial charge in [0.1, 0.15) is 29.4 Å². The minimum atomic E-state index is -0.0905. The van der Waals surface area contributed by atoms with Crippen LogP contribution in [-0.4, -0.2) is 42.1 Å². The summed E-state index contributed by atoms with van der Waals surface area (Å²) in [6.07, 6.45) is 1.44. The summed E-state index contributed by atoms with van der Waals surface area (Å²) in [7, 11) is 1.56. The molecular formula is C17H14BrN3O3. The van der Waals surface area contributed by atoms with Gasteiger partial charge in [0.05, 0.1) is 25.8 Å². The normalized spacial score (nSPS) is 13.8. The molecule has 1 aliphatic heterocycles. The first-order valence-corrected chi connectivity index (χ1v) is 8.05. The Balaban J connectivity index is 1.62. The largest absolute Gasteiger partial charge is 0.497 e.